The Morgan fingerprint density at radius 2 is 1.64 bits per heavy atom. The summed E-state index contributed by atoms with van der Waals surface area (Å²) in [7, 11) is 0. The number of carbonyl (C=O) groups is 2. The highest BCUT2D eigenvalue weighted by Gasteiger charge is 2.11. The van der Waals surface area contributed by atoms with Crippen molar-refractivity contribution >= 4 is 22.8 Å². The predicted molar refractivity (Wildman–Crippen MR) is 128 cm³/mol. The normalized spacial score (nSPS) is 10.8. The van der Waals surface area contributed by atoms with Gasteiger partial charge in [0.2, 0.25) is 0 Å². The van der Waals surface area contributed by atoms with Crippen LogP contribution in [0.4, 0.5) is 0 Å². The first-order valence-electron chi connectivity index (χ1n) is 11.1. The molecule has 2 N–H and O–H groups in total. The van der Waals surface area contributed by atoms with E-state index in [0.29, 0.717) is 30.8 Å². The van der Waals surface area contributed by atoms with E-state index in [0.717, 1.165) is 35.0 Å². The number of rotatable bonds is 9. The lowest BCUT2D eigenvalue weighted by Crippen LogP contribution is -2.25. The Morgan fingerprint density at radius 3 is 2.39 bits per heavy atom. The van der Waals surface area contributed by atoms with Crippen molar-refractivity contribution in [2.45, 2.75) is 32.9 Å². The third-order valence-corrected chi connectivity index (χ3v) is 5.40. The maximum absolute atomic E-state index is 12.6. The van der Waals surface area contributed by atoms with E-state index in [9.17, 15) is 9.59 Å². The first kappa shape index (κ1) is 22.2. The van der Waals surface area contributed by atoms with Gasteiger partial charge >= 0.3 is 0 Å². The molecule has 2 aromatic carbocycles. The highest BCUT2D eigenvalue weighted by molar-refractivity contribution is 5.97. The predicted octanol–water partition coefficient (Wildman–Crippen LogP) is 3.94. The molecule has 0 atom stereocenters. The summed E-state index contributed by atoms with van der Waals surface area (Å²) >= 11 is 0. The molecule has 2 heterocycles. The Morgan fingerprint density at radius 1 is 0.879 bits per heavy atom. The molecule has 0 aliphatic heterocycles. The molecular formula is C26H27N5O2. The number of hydrogen-bond donors (Lipinski definition) is 2. The maximum Gasteiger partial charge on any atom is 0.253 e. The number of pyridine rings is 1. The fourth-order valence-electron chi connectivity index (χ4n) is 3.51. The summed E-state index contributed by atoms with van der Waals surface area (Å²) in [6, 6.07) is 19.1. The molecule has 0 saturated heterocycles. The van der Waals surface area contributed by atoms with Crippen LogP contribution in [-0.2, 0) is 13.1 Å². The van der Waals surface area contributed by atoms with Crippen LogP contribution in [0.5, 0.6) is 0 Å². The molecule has 0 saturated carbocycles. The highest BCUT2D eigenvalue weighted by Crippen LogP contribution is 2.15. The first-order chi connectivity index (χ1) is 16.1. The molecule has 0 bridgehead atoms. The van der Waals surface area contributed by atoms with Gasteiger partial charge in [0.05, 0.1) is 18.3 Å². The monoisotopic (exact) mass is 441 g/mol. The van der Waals surface area contributed by atoms with E-state index in [1.54, 1.807) is 30.6 Å². The van der Waals surface area contributed by atoms with Crippen molar-refractivity contribution in [1.29, 1.82) is 0 Å². The molecule has 2 amide bonds. The van der Waals surface area contributed by atoms with E-state index in [1.165, 1.54) is 0 Å². The Kier molecular flexibility index (Phi) is 7.09. The number of hydrogen-bond acceptors (Lipinski definition) is 4. The average Bonchev–Trinajstić information content (AvgIpc) is 3.25. The van der Waals surface area contributed by atoms with Crippen LogP contribution in [-0.4, -0.2) is 33.1 Å². The Balaban J connectivity index is 1.35. The fourth-order valence-corrected chi connectivity index (χ4v) is 3.51. The van der Waals surface area contributed by atoms with Crippen LogP contribution in [0.3, 0.4) is 0 Å². The van der Waals surface area contributed by atoms with Crippen molar-refractivity contribution in [1.82, 2.24) is 25.4 Å². The van der Waals surface area contributed by atoms with Gasteiger partial charge in [-0.05, 0) is 35.7 Å². The molecular weight excluding hydrogens is 414 g/mol. The highest BCUT2D eigenvalue weighted by atomic mass is 16.2. The molecule has 0 aliphatic rings. The molecule has 0 fully saturated rings. The van der Waals surface area contributed by atoms with Crippen LogP contribution in [0.25, 0.3) is 11.0 Å². The molecule has 0 unspecified atom stereocenters. The minimum atomic E-state index is -0.207. The zero-order valence-corrected chi connectivity index (χ0v) is 18.6. The van der Waals surface area contributed by atoms with Crippen LogP contribution < -0.4 is 10.6 Å². The van der Waals surface area contributed by atoms with Gasteiger partial charge in [-0.25, -0.2) is 9.67 Å². The maximum atomic E-state index is 12.6. The van der Waals surface area contributed by atoms with Crippen molar-refractivity contribution < 1.29 is 9.59 Å². The summed E-state index contributed by atoms with van der Waals surface area (Å²) in [5, 5.41) is 11.0. The van der Waals surface area contributed by atoms with Crippen molar-refractivity contribution in [3.8, 4) is 0 Å². The summed E-state index contributed by atoms with van der Waals surface area (Å²) in [6.45, 7) is 3.75. The summed E-state index contributed by atoms with van der Waals surface area (Å²) in [5.41, 5.74) is 3.88. The van der Waals surface area contributed by atoms with Crippen LogP contribution in [0.15, 0.2) is 73.1 Å². The Hall–Kier alpha value is -4.00. The van der Waals surface area contributed by atoms with Crippen molar-refractivity contribution in [2.24, 2.45) is 0 Å². The second-order valence-electron chi connectivity index (χ2n) is 7.91. The molecule has 0 radical (unpaired) electrons. The zero-order valence-electron chi connectivity index (χ0n) is 18.6. The Bertz CT molecular complexity index is 1230. The van der Waals surface area contributed by atoms with E-state index < -0.39 is 0 Å². The van der Waals surface area contributed by atoms with E-state index >= 15 is 0 Å². The minimum Gasteiger partial charge on any atom is -0.352 e. The van der Waals surface area contributed by atoms with E-state index in [1.807, 2.05) is 47.1 Å². The SMILES string of the molecule is CCCCNC(=O)c1ccc(CNC(=O)c2cnc3c(cnn3Cc3ccccc3)c2)cc1. The van der Waals surface area contributed by atoms with Crippen LogP contribution in [0, 0.1) is 0 Å². The van der Waals surface area contributed by atoms with Gasteiger partial charge in [0.15, 0.2) is 5.65 Å². The quantitative estimate of drug-likeness (QED) is 0.385. The lowest BCUT2D eigenvalue weighted by atomic mass is 10.1. The number of unbranched alkanes of at least 4 members (excludes halogenated alkanes) is 1. The zero-order chi connectivity index (χ0) is 23.0. The number of fused-ring (bicyclic) bond motifs is 1. The van der Waals surface area contributed by atoms with Gasteiger partial charge in [0.1, 0.15) is 0 Å². The van der Waals surface area contributed by atoms with Gasteiger partial charge in [-0.1, -0.05) is 55.8 Å². The molecule has 0 spiro atoms. The van der Waals surface area contributed by atoms with Gasteiger partial charge in [0.25, 0.3) is 11.8 Å². The number of nitrogens with zero attached hydrogens (tertiary/aromatic N) is 3. The first-order valence-corrected chi connectivity index (χ1v) is 11.1. The minimum absolute atomic E-state index is 0.0776. The fraction of sp³-hybridized carbons (Fsp3) is 0.231. The van der Waals surface area contributed by atoms with Crippen LogP contribution >= 0.6 is 0 Å². The lowest BCUT2D eigenvalue weighted by molar-refractivity contribution is 0.0942. The average molecular weight is 442 g/mol. The topological polar surface area (TPSA) is 88.9 Å². The van der Waals surface area contributed by atoms with Gasteiger partial charge in [0, 0.05) is 30.2 Å². The molecule has 4 aromatic rings. The van der Waals surface area contributed by atoms with E-state index in [2.05, 4.69) is 27.6 Å². The smallest absolute Gasteiger partial charge is 0.253 e. The lowest BCUT2D eigenvalue weighted by Gasteiger charge is -2.08. The van der Waals surface area contributed by atoms with Gasteiger partial charge in [-0.2, -0.15) is 5.10 Å². The van der Waals surface area contributed by atoms with Crippen molar-refractivity contribution in [3.05, 3.63) is 95.3 Å². The van der Waals surface area contributed by atoms with Gasteiger partial charge in [-0.15, -0.1) is 0 Å². The van der Waals surface area contributed by atoms with Crippen molar-refractivity contribution in [3.63, 3.8) is 0 Å². The second-order valence-corrected chi connectivity index (χ2v) is 7.91. The van der Waals surface area contributed by atoms with Crippen LogP contribution in [0.1, 0.15) is 51.6 Å². The van der Waals surface area contributed by atoms with Crippen LogP contribution in [0.2, 0.25) is 0 Å². The van der Waals surface area contributed by atoms with Gasteiger partial charge in [-0.3, -0.25) is 9.59 Å². The number of benzene rings is 2. The number of aromatic nitrogens is 3. The standard InChI is InChI=1S/C26H27N5O2/c1-2-3-13-27-25(32)21-11-9-19(10-12-21)15-29-26(33)23-14-22-17-30-31(24(22)28-16-23)18-20-7-5-4-6-8-20/h4-12,14,16-17H,2-3,13,15,18H2,1H3,(H,27,32)(H,29,33). The molecule has 168 valence electrons. The van der Waals surface area contributed by atoms with Gasteiger partial charge < -0.3 is 10.6 Å². The summed E-state index contributed by atoms with van der Waals surface area (Å²) < 4.78 is 1.83. The second kappa shape index (κ2) is 10.5. The summed E-state index contributed by atoms with van der Waals surface area (Å²) in [4.78, 5) is 29.2. The molecule has 7 nitrogen and oxygen atoms in total. The Labute approximate surface area is 192 Å². The third kappa shape index (κ3) is 5.63. The number of carbonyl (C=O) groups excluding carboxylic acids is 2. The number of nitrogens with one attached hydrogen (secondary N) is 2. The third-order valence-electron chi connectivity index (χ3n) is 5.40. The van der Waals surface area contributed by atoms with E-state index in [4.69, 9.17) is 0 Å². The molecule has 0 aliphatic carbocycles. The summed E-state index contributed by atoms with van der Waals surface area (Å²) in [6.07, 6.45) is 5.30. The molecule has 7 heteroatoms. The molecule has 2 aromatic heterocycles. The van der Waals surface area contributed by atoms with Crippen molar-refractivity contribution in [2.75, 3.05) is 6.54 Å². The molecule has 33 heavy (non-hydrogen) atoms. The number of amides is 2. The molecule has 4 rings (SSSR count). The summed E-state index contributed by atoms with van der Waals surface area (Å²) in [5.74, 6) is -0.284. The van der Waals surface area contributed by atoms with E-state index in [-0.39, 0.29) is 11.8 Å². The largest absolute Gasteiger partial charge is 0.352 e.